The Balaban J connectivity index is 1.77. The van der Waals surface area contributed by atoms with Gasteiger partial charge in [-0.05, 0) is 30.3 Å². The molecule has 0 amide bonds. The van der Waals surface area contributed by atoms with Gasteiger partial charge in [-0.1, -0.05) is 12.1 Å². The van der Waals surface area contributed by atoms with Gasteiger partial charge in [0, 0.05) is 11.6 Å². The van der Waals surface area contributed by atoms with Crippen molar-refractivity contribution < 1.29 is 13.5 Å². The second-order valence-corrected chi connectivity index (χ2v) is 4.53. The fourth-order valence-corrected chi connectivity index (χ4v) is 1.93. The minimum atomic E-state index is -0.298. The lowest BCUT2D eigenvalue weighted by Crippen LogP contribution is -1.84. The Hall–Kier alpha value is -2.95. The average molecular weight is 296 g/mol. The number of methoxy groups -OCH3 is 1. The first-order valence-corrected chi connectivity index (χ1v) is 6.64. The molecule has 0 atom stereocenters. The van der Waals surface area contributed by atoms with Gasteiger partial charge in [0.25, 0.3) is 0 Å². The molecule has 4 nitrogen and oxygen atoms in total. The smallest absolute Gasteiger partial charge is 0.213 e. The molecule has 2 heterocycles. The quantitative estimate of drug-likeness (QED) is 0.676. The molecule has 0 aliphatic rings. The van der Waals surface area contributed by atoms with Crippen LogP contribution < -0.4 is 4.74 Å². The van der Waals surface area contributed by atoms with Crippen molar-refractivity contribution in [3.8, 4) is 17.2 Å². The Bertz CT molecular complexity index is 794. The minimum absolute atomic E-state index is 0.298. The maximum Gasteiger partial charge on any atom is 0.213 e. The number of hydrogen-bond acceptors (Lipinski definition) is 4. The number of nitrogens with zero attached hydrogens (tertiary/aromatic N) is 2. The zero-order valence-corrected chi connectivity index (χ0v) is 11.9. The van der Waals surface area contributed by atoms with Gasteiger partial charge in [-0.3, -0.25) is 4.99 Å². The summed E-state index contributed by atoms with van der Waals surface area (Å²) in [4.78, 5) is 8.33. The number of aliphatic imine (C=N–C) groups is 1. The Kier molecular flexibility index (Phi) is 3.96. The summed E-state index contributed by atoms with van der Waals surface area (Å²) in [6.07, 6.45) is 3.19. The fourth-order valence-electron chi connectivity index (χ4n) is 1.93. The van der Waals surface area contributed by atoms with Crippen LogP contribution in [0.4, 0.5) is 10.1 Å². The Morgan fingerprint density at radius 1 is 1.18 bits per heavy atom. The standard InChI is InChI=1S/C17H13FN2O2/c1-21-17-8-5-14(10-20-17)19-11-15-6-7-16(22-15)12-3-2-4-13(18)9-12/h2-11H,1H3. The number of furan rings is 1. The molecule has 0 saturated carbocycles. The zero-order valence-electron chi connectivity index (χ0n) is 11.9. The first-order valence-electron chi connectivity index (χ1n) is 6.64. The van der Waals surface area contributed by atoms with Gasteiger partial charge in [0.2, 0.25) is 5.88 Å². The van der Waals surface area contributed by atoms with Gasteiger partial charge in [-0.15, -0.1) is 0 Å². The maximum atomic E-state index is 13.2. The van der Waals surface area contributed by atoms with Crippen LogP contribution in [0.25, 0.3) is 11.3 Å². The van der Waals surface area contributed by atoms with Gasteiger partial charge in [-0.2, -0.15) is 0 Å². The molecule has 0 saturated heterocycles. The van der Waals surface area contributed by atoms with Crippen molar-refractivity contribution in [3.63, 3.8) is 0 Å². The fraction of sp³-hybridized carbons (Fsp3) is 0.0588. The molecule has 0 aliphatic carbocycles. The van der Waals surface area contributed by atoms with Crippen LogP contribution in [0, 0.1) is 5.82 Å². The average Bonchev–Trinajstić information content (AvgIpc) is 3.02. The highest BCUT2D eigenvalue weighted by atomic mass is 19.1. The van der Waals surface area contributed by atoms with Gasteiger partial charge in [-0.25, -0.2) is 9.37 Å². The lowest BCUT2D eigenvalue weighted by molar-refractivity contribution is 0.398. The van der Waals surface area contributed by atoms with Crippen LogP contribution >= 0.6 is 0 Å². The summed E-state index contributed by atoms with van der Waals surface area (Å²) in [5.74, 6) is 1.41. The van der Waals surface area contributed by atoms with Crippen LogP contribution in [0.5, 0.6) is 5.88 Å². The molecular formula is C17H13FN2O2. The van der Waals surface area contributed by atoms with E-state index < -0.39 is 0 Å². The Morgan fingerprint density at radius 3 is 2.82 bits per heavy atom. The van der Waals surface area contributed by atoms with E-state index >= 15 is 0 Å². The lowest BCUT2D eigenvalue weighted by atomic mass is 10.2. The molecule has 3 rings (SSSR count). The van der Waals surface area contributed by atoms with E-state index in [4.69, 9.17) is 9.15 Å². The van der Waals surface area contributed by atoms with Crippen molar-refractivity contribution in [2.75, 3.05) is 7.11 Å². The van der Waals surface area contributed by atoms with E-state index in [0.717, 1.165) is 0 Å². The molecule has 5 heteroatoms. The normalized spacial score (nSPS) is 11.0. The van der Waals surface area contributed by atoms with E-state index in [1.54, 1.807) is 55.9 Å². The Morgan fingerprint density at radius 2 is 2.09 bits per heavy atom. The lowest BCUT2D eigenvalue weighted by Gasteiger charge is -1.97. The van der Waals surface area contributed by atoms with Crippen LogP contribution in [0.3, 0.4) is 0 Å². The predicted octanol–water partition coefficient (Wildman–Crippen LogP) is 4.24. The Labute approximate surface area is 126 Å². The first kappa shape index (κ1) is 14.0. The molecule has 0 spiro atoms. The molecule has 22 heavy (non-hydrogen) atoms. The summed E-state index contributed by atoms with van der Waals surface area (Å²) >= 11 is 0. The number of halogens is 1. The molecular weight excluding hydrogens is 283 g/mol. The molecule has 0 bridgehead atoms. The second kappa shape index (κ2) is 6.22. The summed E-state index contributed by atoms with van der Waals surface area (Å²) < 4.78 is 23.8. The maximum absolute atomic E-state index is 13.2. The van der Waals surface area contributed by atoms with Gasteiger partial charge in [0.1, 0.15) is 17.3 Å². The van der Waals surface area contributed by atoms with Crippen LogP contribution in [0.1, 0.15) is 5.76 Å². The zero-order chi connectivity index (χ0) is 15.4. The highest BCUT2D eigenvalue weighted by molar-refractivity contribution is 5.79. The van der Waals surface area contributed by atoms with E-state index in [1.807, 2.05) is 0 Å². The largest absolute Gasteiger partial charge is 0.481 e. The molecule has 0 unspecified atom stereocenters. The van der Waals surface area contributed by atoms with Crippen molar-refractivity contribution in [1.82, 2.24) is 4.98 Å². The summed E-state index contributed by atoms with van der Waals surface area (Å²) in [7, 11) is 1.56. The van der Waals surface area contributed by atoms with E-state index in [1.165, 1.54) is 12.1 Å². The molecule has 0 aliphatic heterocycles. The number of hydrogen-bond donors (Lipinski definition) is 0. The van der Waals surface area contributed by atoms with Gasteiger partial charge in [0.15, 0.2) is 0 Å². The van der Waals surface area contributed by atoms with E-state index in [0.29, 0.717) is 28.7 Å². The number of rotatable bonds is 4. The molecule has 0 N–H and O–H groups in total. The number of benzene rings is 1. The van der Waals surface area contributed by atoms with Gasteiger partial charge in [0.05, 0.1) is 25.2 Å². The van der Waals surface area contributed by atoms with Crippen LogP contribution in [-0.2, 0) is 0 Å². The summed E-state index contributed by atoms with van der Waals surface area (Å²) in [6.45, 7) is 0. The van der Waals surface area contributed by atoms with E-state index in [2.05, 4.69) is 9.98 Å². The van der Waals surface area contributed by atoms with Gasteiger partial charge < -0.3 is 9.15 Å². The minimum Gasteiger partial charge on any atom is -0.481 e. The number of aromatic nitrogens is 1. The van der Waals surface area contributed by atoms with E-state index in [-0.39, 0.29) is 5.82 Å². The van der Waals surface area contributed by atoms with E-state index in [9.17, 15) is 4.39 Å². The van der Waals surface area contributed by atoms with Crippen molar-refractivity contribution >= 4 is 11.9 Å². The number of ether oxygens (including phenoxy) is 1. The van der Waals surface area contributed by atoms with Gasteiger partial charge >= 0.3 is 0 Å². The third-order valence-corrected chi connectivity index (χ3v) is 3.01. The highest BCUT2D eigenvalue weighted by Gasteiger charge is 2.04. The molecule has 1 aromatic carbocycles. The molecule has 0 radical (unpaired) electrons. The summed E-state index contributed by atoms with van der Waals surface area (Å²) in [6, 6.07) is 13.3. The first-order chi connectivity index (χ1) is 10.7. The molecule has 110 valence electrons. The topological polar surface area (TPSA) is 47.6 Å². The highest BCUT2D eigenvalue weighted by Crippen LogP contribution is 2.22. The van der Waals surface area contributed by atoms with Crippen molar-refractivity contribution in [1.29, 1.82) is 0 Å². The SMILES string of the molecule is COc1ccc(N=Cc2ccc(-c3cccc(F)c3)o2)cn1. The van der Waals surface area contributed by atoms with Crippen molar-refractivity contribution in [3.05, 3.63) is 66.3 Å². The monoisotopic (exact) mass is 296 g/mol. The number of pyridine rings is 1. The second-order valence-electron chi connectivity index (χ2n) is 4.53. The van der Waals surface area contributed by atoms with Crippen molar-refractivity contribution in [2.45, 2.75) is 0 Å². The molecule has 0 fully saturated rings. The summed E-state index contributed by atoms with van der Waals surface area (Å²) in [5, 5.41) is 0. The summed E-state index contributed by atoms with van der Waals surface area (Å²) in [5.41, 5.74) is 1.37. The van der Waals surface area contributed by atoms with Crippen LogP contribution in [-0.4, -0.2) is 18.3 Å². The third-order valence-electron chi connectivity index (χ3n) is 3.01. The predicted molar refractivity (Wildman–Crippen MR) is 82.1 cm³/mol. The van der Waals surface area contributed by atoms with Crippen LogP contribution in [0.2, 0.25) is 0 Å². The van der Waals surface area contributed by atoms with Crippen LogP contribution in [0.15, 0.2) is 64.1 Å². The third kappa shape index (κ3) is 3.20. The molecule has 3 aromatic rings. The molecule has 2 aromatic heterocycles. The van der Waals surface area contributed by atoms with Crippen molar-refractivity contribution in [2.24, 2.45) is 4.99 Å².